The van der Waals surface area contributed by atoms with Gasteiger partial charge in [-0.05, 0) is 43.9 Å². The second kappa shape index (κ2) is 10.3. The van der Waals surface area contributed by atoms with Crippen LogP contribution in [0.25, 0.3) is 0 Å². The summed E-state index contributed by atoms with van der Waals surface area (Å²) in [6.45, 7) is 4.61. The molecule has 0 radical (unpaired) electrons. The van der Waals surface area contributed by atoms with Crippen molar-refractivity contribution in [2.24, 2.45) is 10.9 Å². The van der Waals surface area contributed by atoms with Gasteiger partial charge in [0.15, 0.2) is 5.96 Å². The van der Waals surface area contributed by atoms with Gasteiger partial charge in [0.25, 0.3) is 0 Å². The van der Waals surface area contributed by atoms with E-state index in [0.29, 0.717) is 11.6 Å². The number of halogens is 1. The van der Waals surface area contributed by atoms with E-state index in [1.165, 1.54) is 0 Å². The number of methoxy groups -OCH3 is 1. The molecule has 0 saturated carbocycles. The molecule has 1 aromatic carbocycles. The average molecular weight is 382 g/mol. The molecule has 0 bridgehead atoms. The summed E-state index contributed by atoms with van der Waals surface area (Å²) in [7, 11) is 3.40. The van der Waals surface area contributed by atoms with Crippen LogP contribution in [0.1, 0.15) is 25.3 Å². The van der Waals surface area contributed by atoms with Gasteiger partial charge in [-0.2, -0.15) is 0 Å². The number of ether oxygens (including phenoxy) is 2. The second-order valence-corrected chi connectivity index (χ2v) is 6.60. The molecule has 1 N–H and O–H groups in total. The SMILES string of the molecule is CCOC(=O)C1CCN(C(=NC)NCCc2ccc(OC)cc2Cl)CC1. The zero-order valence-corrected chi connectivity index (χ0v) is 16.5. The fourth-order valence-electron chi connectivity index (χ4n) is 3.09. The predicted molar refractivity (Wildman–Crippen MR) is 104 cm³/mol. The van der Waals surface area contributed by atoms with E-state index >= 15 is 0 Å². The number of carbonyl (C=O) groups is 1. The third-order valence-electron chi connectivity index (χ3n) is 4.56. The minimum atomic E-state index is -0.0794. The number of guanidine groups is 1. The number of piperidine rings is 1. The molecule has 6 nitrogen and oxygen atoms in total. The molecule has 0 spiro atoms. The van der Waals surface area contributed by atoms with Gasteiger partial charge in [0.1, 0.15) is 5.75 Å². The molecule has 1 aromatic rings. The Hall–Kier alpha value is -1.95. The first-order chi connectivity index (χ1) is 12.6. The molecular weight excluding hydrogens is 354 g/mol. The summed E-state index contributed by atoms with van der Waals surface area (Å²) in [5, 5.41) is 4.09. The summed E-state index contributed by atoms with van der Waals surface area (Å²) in [5.41, 5.74) is 1.07. The van der Waals surface area contributed by atoms with Crippen molar-refractivity contribution < 1.29 is 14.3 Å². The predicted octanol–water partition coefficient (Wildman–Crippen LogP) is 2.74. The smallest absolute Gasteiger partial charge is 0.309 e. The van der Waals surface area contributed by atoms with E-state index in [4.69, 9.17) is 21.1 Å². The van der Waals surface area contributed by atoms with Gasteiger partial charge in [0.05, 0.1) is 19.6 Å². The molecule has 1 aliphatic heterocycles. The van der Waals surface area contributed by atoms with E-state index in [1.54, 1.807) is 14.2 Å². The van der Waals surface area contributed by atoms with E-state index < -0.39 is 0 Å². The Kier molecular flexibility index (Phi) is 8.04. The van der Waals surface area contributed by atoms with Crippen LogP contribution in [0.15, 0.2) is 23.2 Å². The lowest BCUT2D eigenvalue weighted by atomic mass is 9.97. The van der Waals surface area contributed by atoms with Gasteiger partial charge < -0.3 is 19.7 Å². The van der Waals surface area contributed by atoms with Crippen molar-refractivity contribution >= 4 is 23.5 Å². The number of nitrogens with one attached hydrogen (secondary N) is 1. The highest BCUT2D eigenvalue weighted by Gasteiger charge is 2.27. The summed E-state index contributed by atoms with van der Waals surface area (Å²) in [6.07, 6.45) is 2.38. The van der Waals surface area contributed by atoms with Crippen LogP contribution < -0.4 is 10.1 Å². The van der Waals surface area contributed by atoms with Crippen LogP contribution in [0.5, 0.6) is 5.75 Å². The Labute approximate surface area is 160 Å². The van der Waals surface area contributed by atoms with Gasteiger partial charge in [0, 0.05) is 31.7 Å². The second-order valence-electron chi connectivity index (χ2n) is 6.19. The molecule has 0 atom stereocenters. The fraction of sp³-hybridized carbons (Fsp3) is 0.579. The van der Waals surface area contributed by atoms with Crippen molar-refractivity contribution in [1.82, 2.24) is 10.2 Å². The average Bonchev–Trinajstić information content (AvgIpc) is 2.66. The van der Waals surface area contributed by atoms with E-state index in [9.17, 15) is 4.79 Å². The van der Waals surface area contributed by atoms with Crippen LogP contribution in [0, 0.1) is 5.92 Å². The summed E-state index contributed by atoms with van der Waals surface area (Å²) < 4.78 is 10.3. The molecule has 0 amide bonds. The van der Waals surface area contributed by atoms with E-state index in [2.05, 4.69) is 15.2 Å². The van der Waals surface area contributed by atoms with Crippen molar-refractivity contribution in [2.75, 3.05) is 40.4 Å². The topological polar surface area (TPSA) is 63.2 Å². The van der Waals surface area contributed by atoms with E-state index in [1.807, 2.05) is 25.1 Å². The van der Waals surface area contributed by atoms with Crippen LogP contribution in [-0.4, -0.2) is 57.2 Å². The summed E-state index contributed by atoms with van der Waals surface area (Å²) in [5.74, 6) is 1.54. The third kappa shape index (κ3) is 5.53. The number of carbonyl (C=O) groups excluding carboxylic acids is 1. The van der Waals surface area contributed by atoms with Crippen LogP contribution in [0.3, 0.4) is 0 Å². The summed E-state index contributed by atoms with van der Waals surface area (Å²) in [4.78, 5) is 18.4. The highest BCUT2D eigenvalue weighted by atomic mass is 35.5. The molecular formula is C19H28ClN3O3. The van der Waals surface area contributed by atoms with Gasteiger partial charge in [-0.1, -0.05) is 17.7 Å². The Balaban J connectivity index is 1.81. The maximum absolute atomic E-state index is 11.8. The highest BCUT2D eigenvalue weighted by molar-refractivity contribution is 6.31. The Morgan fingerprint density at radius 1 is 1.38 bits per heavy atom. The molecule has 1 aliphatic rings. The van der Waals surface area contributed by atoms with Crippen molar-refractivity contribution in [3.05, 3.63) is 28.8 Å². The monoisotopic (exact) mass is 381 g/mol. The lowest BCUT2D eigenvalue weighted by molar-refractivity contribution is -0.149. The maximum atomic E-state index is 11.8. The van der Waals surface area contributed by atoms with Crippen LogP contribution in [0.4, 0.5) is 0 Å². The molecule has 1 fully saturated rings. The van der Waals surface area contributed by atoms with Gasteiger partial charge >= 0.3 is 5.97 Å². The van der Waals surface area contributed by atoms with E-state index in [-0.39, 0.29) is 11.9 Å². The van der Waals surface area contributed by atoms with Gasteiger partial charge in [-0.3, -0.25) is 9.79 Å². The van der Waals surface area contributed by atoms with E-state index in [0.717, 1.165) is 56.2 Å². The number of hydrogen-bond donors (Lipinski definition) is 1. The Morgan fingerprint density at radius 3 is 2.69 bits per heavy atom. The molecule has 7 heteroatoms. The zero-order valence-electron chi connectivity index (χ0n) is 15.8. The lowest BCUT2D eigenvalue weighted by Crippen LogP contribution is -2.47. The number of benzene rings is 1. The molecule has 2 rings (SSSR count). The Bertz CT molecular complexity index is 628. The van der Waals surface area contributed by atoms with Crippen molar-refractivity contribution in [2.45, 2.75) is 26.2 Å². The third-order valence-corrected chi connectivity index (χ3v) is 4.92. The normalized spacial score (nSPS) is 15.7. The first kappa shape index (κ1) is 20.4. The van der Waals surface area contributed by atoms with Gasteiger partial charge in [0.2, 0.25) is 0 Å². The highest BCUT2D eigenvalue weighted by Crippen LogP contribution is 2.22. The standard InChI is InChI=1S/C19H28ClN3O3/c1-4-26-18(24)15-8-11-23(12-9-15)19(21-2)22-10-7-14-5-6-16(25-3)13-17(14)20/h5-6,13,15H,4,7-12H2,1-3H3,(H,21,22). The number of likely N-dealkylation sites (tertiary alicyclic amines) is 1. The zero-order chi connectivity index (χ0) is 18.9. The van der Waals surface area contributed by atoms with Crippen molar-refractivity contribution in [1.29, 1.82) is 0 Å². The molecule has 0 aliphatic carbocycles. The quantitative estimate of drug-likeness (QED) is 0.466. The van der Waals surface area contributed by atoms with Crippen LogP contribution in [-0.2, 0) is 16.0 Å². The van der Waals surface area contributed by atoms with Gasteiger partial charge in [-0.25, -0.2) is 0 Å². The largest absolute Gasteiger partial charge is 0.497 e. The van der Waals surface area contributed by atoms with Crippen LogP contribution >= 0.6 is 11.6 Å². The number of esters is 1. The maximum Gasteiger partial charge on any atom is 0.309 e. The number of rotatable bonds is 6. The minimum Gasteiger partial charge on any atom is -0.497 e. The Morgan fingerprint density at radius 2 is 2.12 bits per heavy atom. The van der Waals surface area contributed by atoms with Crippen LogP contribution in [0.2, 0.25) is 5.02 Å². The molecule has 1 saturated heterocycles. The molecule has 1 heterocycles. The number of nitrogens with zero attached hydrogens (tertiary/aromatic N) is 2. The van der Waals surface area contributed by atoms with Crippen molar-refractivity contribution in [3.8, 4) is 5.75 Å². The van der Waals surface area contributed by atoms with Crippen molar-refractivity contribution in [3.63, 3.8) is 0 Å². The summed E-state index contributed by atoms with van der Waals surface area (Å²) in [6, 6.07) is 5.72. The molecule has 0 unspecified atom stereocenters. The molecule has 26 heavy (non-hydrogen) atoms. The molecule has 144 valence electrons. The number of aliphatic imine (C=N–C) groups is 1. The lowest BCUT2D eigenvalue weighted by Gasteiger charge is -2.33. The first-order valence-corrected chi connectivity index (χ1v) is 9.41. The first-order valence-electron chi connectivity index (χ1n) is 9.03. The van der Waals surface area contributed by atoms with Gasteiger partial charge in [-0.15, -0.1) is 0 Å². The minimum absolute atomic E-state index is 0.00223. The fourth-order valence-corrected chi connectivity index (χ4v) is 3.35. The molecule has 0 aromatic heterocycles. The number of hydrogen-bond acceptors (Lipinski definition) is 4. The summed E-state index contributed by atoms with van der Waals surface area (Å²) >= 11 is 6.29.